The van der Waals surface area contributed by atoms with Crippen molar-refractivity contribution in [3.05, 3.63) is 75.1 Å². The van der Waals surface area contributed by atoms with Crippen LogP contribution in [0.4, 0.5) is 10.1 Å². The minimum atomic E-state index is -0.534. The van der Waals surface area contributed by atoms with Crippen molar-refractivity contribution in [3.63, 3.8) is 0 Å². The average molecular weight is 441 g/mol. The fraction of sp³-hybridized carbons (Fsp3) is 0.0588. The average Bonchev–Trinajstić information content (AvgIpc) is 2.58. The number of amides is 1. The Morgan fingerprint density at radius 1 is 1.32 bits per heavy atom. The van der Waals surface area contributed by atoms with E-state index in [1.54, 1.807) is 17.4 Å². The zero-order valence-corrected chi connectivity index (χ0v) is 16.1. The number of hydrogen-bond acceptors (Lipinski definition) is 4. The molecule has 4 nitrogen and oxygen atoms in total. The number of anilines is 1. The van der Waals surface area contributed by atoms with Crippen molar-refractivity contribution in [3.8, 4) is 0 Å². The maximum atomic E-state index is 13.2. The number of benzene rings is 2. The molecule has 0 bridgehead atoms. The Morgan fingerprint density at radius 3 is 2.84 bits per heavy atom. The summed E-state index contributed by atoms with van der Waals surface area (Å²) in [7, 11) is 1.74. The van der Waals surface area contributed by atoms with Crippen molar-refractivity contribution in [2.75, 3.05) is 12.4 Å². The topological polar surface area (TPSA) is 44.7 Å². The molecule has 1 amide bonds. The zero-order chi connectivity index (χ0) is 18.0. The summed E-state index contributed by atoms with van der Waals surface area (Å²) in [6.07, 6.45) is 1.71. The van der Waals surface area contributed by atoms with Gasteiger partial charge < -0.3 is 5.32 Å². The number of nitrogens with one attached hydrogen (secondary N) is 1. The van der Waals surface area contributed by atoms with Gasteiger partial charge in [-0.3, -0.25) is 9.10 Å². The second kappa shape index (κ2) is 7.59. The minimum Gasteiger partial charge on any atom is -0.321 e. The van der Waals surface area contributed by atoms with Crippen molar-refractivity contribution in [1.82, 2.24) is 4.31 Å². The van der Waals surface area contributed by atoms with Crippen LogP contribution in [0.15, 0.2) is 63.1 Å². The molecule has 1 N–H and O–H groups in total. The lowest BCUT2D eigenvalue weighted by atomic mass is 10.1. The number of carbonyl (C=O) groups excluding carboxylic acids is 1. The molecular formula is C17H12BrClFN3OS. The van der Waals surface area contributed by atoms with Gasteiger partial charge in [0.05, 0.1) is 22.9 Å². The van der Waals surface area contributed by atoms with Crippen LogP contribution in [0, 0.1) is 5.82 Å². The van der Waals surface area contributed by atoms with Gasteiger partial charge in [0.15, 0.2) is 0 Å². The SMILES string of the molecule is CN1SN=C(c2cccc(Br)c2)C=C1C(=O)Nc1ccc(F)c(Cl)c1. The van der Waals surface area contributed by atoms with Crippen molar-refractivity contribution in [1.29, 1.82) is 0 Å². The van der Waals surface area contributed by atoms with E-state index in [9.17, 15) is 9.18 Å². The van der Waals surface area contributed by atoms with Crippen LogP contribution in [0.2, 0.25) is 5.02 Å². The number of nitrogens with zero attached hydrogens (tertiary/aromatic N) is 2. The van der Waals surface area contributed by atoms with E-state index in [1.165, 1.54) is 30.3 Å². The largest absolute Gasteiger partial charge is 0.321 e. The fourth-order valence-corrected chi connectivity index (χ4v) is 3.33. The van der Waals surface area contributed by atoms with Crippen molar-refractivity contribution in [2.45, 2.75) is 0 Å². The molecule has 1 aliphatic heterocycles. The first-order chi connectivity index (χ1) is 11.9. The van der Waals surface area contributed by atoms with Gasteiger partial charge in [-0.2, -0.15) is 4.40 Å². The van der Waals surface area contributed by atoms with Gasteiger partial charge in [-0.1, -0.05) is 39.7 Å². The van der Waals surface area contributed by atoms with Gasteiger partial charge >= 0.3 is 0 Å². The van der Waals surface area contributed by atoms with Gasteiger partial charge in [0.1, 0.15) is 11.5 Å². The second-order valence-electron chi connectivity index (χ2n) is 5.18. The Hall–Kier alpha value is -1.83. The molecule has 1 aliphatic rings. The molecule has 0 unspecified atom stereocenters. The molecule has 0 saturated heterocycles. The third-order valence-corrected chi connectivity index (χ3v) is 4.91. The standard InChI is InChI=1S/C17H12BrClFN3OS/c1-23-16(17(24)21-12-5-6-14(20)13(19)8-12)9-15(22-25-23)10-3-2-4-11(18)7-10/h2-9H,1H3,(H,21,24). The number of allylic oxidation sites excluding steroid dienone is 1. The molecule has 0 aliphatic carbocycles. The van der Waals surface area contributed by atoms with E-state index in [0.717, 1.165) is 10.0 Å². The molecule has 2 aromatic carbocycles. The quantitative estimate of drug-likeness (QED) is 0.678. The van der Waals surface area contributed by atoms with Gasteiger partial charge in [-0.25, -0.2) is 4.39 Å². The van der Waals surface area contributed by atoms with E-state index in [2.05, 4.69) is 25.6 Å². The number of carbonyl (C=O) groups is 1. The van der Waals surface area contributed by atoms with Crippen LogP contribution in [-0.2, 0) is 4.79 Å². The zero-order valence-electron chi connectivity index (χ0n) is 13.0. The molecule has 0 saturated carbocycles. The Balaban J connectivity index is 1.85. The molecule has 128 valence electrons. The van der Waals surface area contributed by atoms with E-state index in [-0.39, 0.29) is 10.9 Å². The van der Waals surface area contributed by atoms with E-state index in [4.69, 9.17) is 11.6 Å². The molecule has 0 spiro atoms. The summed E-state index contributed by atoms with van der Waals surface area (Å²) in [4.78, 5) is 12.6. The molecule has 8 heteroatoms. The fourth-order valence-electron chi connectivity index (χ4n) is 2.16. The first kappa shape index (κ1) is 18.0. The molecule has 25 heavy (non-hydrogen) atoms. The highest BCUT2D eigenvalue weighted by molar-refractivity contribution is 9.10. The van der Waals surface area contributed by atoms with Crippen LogP contribution in [0.1, 0.15) is 5.56 Å². The van der Waals surface area contributed by atoms with Crippen LogP contribution in [-0.4, -0.2) is 23.0 Å². The first-order valence-corrected chi connectivity index (χ1v) is 9.07. The first-order valence-electron chi connectivity index (χ1n) is 7.17. The lowest BCUT2D eigenvalue weighted by Crippen LogP contribution is -2.26. The molecule has 0 atom stereocenters. The number of likely N-dealkylation sites (N-methyl/N-ethyl adjacent to an activating group) is 1. The van der Waals surface area contributed by atoms with E-state index < -0.39 is 5.82 Å². The predicted octanol–water partition coefficient (Wildman–Crippen LogP) is 5.06. The van der Waals surface area contributed by atoms with Gasteiger partial charge in [0.25, 0.3) is 5.91 Å². The third kappa shape index (κ3) is 4.23. The van der Waals surface area contributed by atoms with Crippen molar-refractivity contribution in [2.24, 2.45) is 4.40 Å². The lowest BCUT2D eigenvalue weighted by Gasteiger charge is -2.22. The van der Waals surface area contributed by atoms with Gasteiger partial charge in [0, 0.05) is 22.8 Å². The molecule has 1 heterocycles. The summed E-state index contributed by atoms with van der Waals surface area (Å²) >= 11 is 10.3. The molecule has 2 aromatic rings. The van der Waals surface area contributed by atoms with Crippen molar-refractivity contribution < 1.29 is 9.18 Å². The third-order valence-electron chi connectivity index (χ3n) is 3.40. The number of hydrogen-bond donors (Lipinski definition) is 1. The highest BCUT2D eigenvalue weighted by atomic mass is 79.9. The molecular weight excluding hydrogens is 429 g/mol. The number of halogens is 3. The molecule has 0 fully saturated rings. The molecule has 0 radical (unpaired) electrons. The Bertz CT molecular complexity index is 903. The van der Waals surface area contributed by atoms with E-state index in [0.29, 0.717) is 17.1 Å². The Kier molecular flexibility index (Phi) is 5.46. The summed E-state index contributed by atoms with van der Waals surface area (Å²) in [5, 5.41) is 2.67. The Labute approximate surface area is 162 Å². The summed E-state index contributed by atoms with van der Waals surface area (Å²) < 4.78 is 20.2. The summed E-state index contributed by atoms with van der Waals surface area (Å²) in [6.45, 7) is 0. The van der Waals surface area contributed by atoms with Crippen LogP contribution in [0.25, 0.3) is 0 Å². The highest BCUT2D eigenvalue weighted by Crippen LogP contribution is 2.26. The smallest absolute Gasteiger partial charge is 0.272 e. The maximum Gasteiger partial charge on any atom is 0.272 e. The summed E-state index contributed by atoms with van der Waals surface area (Å²) in [5.41, 5.74) is 2.43. The van der Waals surface area contributed by atoms with Crippen LogP contribution < -0.4 is 5.32 Å². The molecule has 3 rings (SSSR count). The molecule has 0 aromatic heterocycles. The Morgan fingerprint density at radius 2 is 2.12 bits per heavy atom. The monoisotopic (exact) mass is 439 g/mol. The van der Waals surface area contributed by atoms with Crippen molar-refractivity contribution >= 4 is 57.0 Å². The number of rotatable bonds is 3. The minimum absolute atomic E-state index is 0.0467. The van der Waals surface area contributed by atoms with E-state index >= 15 is 0 Å². The summed E-state index contributed by atoms with van der Waals surface area (Å²) in [5.74, 6) is -0.867. The van der Waals surface area contributed by atoms with Gasteiger partial charge in [-0.15, -0.1) is 0 Å². The van der Waals surface area contributed by atoms with Gasteiger partial charge in [0.2, 0.25) is 0 Å². The predicted molar refractivity (Wildman–Crippen MR) is 104 cm³/mol. The van der Waals surface area contributed by atoms with Crippen LogP contribution in [0.5, 0.6) is 0 Å². The summed E-state index contributed by atoms with van der Waals surface area (Å²) in [6, 6.07) is 11.7. The maximum absolute atomic E-state index is 13.2. The van der Waals surface area contributed by atoms with E-state index in [1.807, 2.05) is 24.3 Å². The van der Waals surface area contributed by atoms with Crippen LogP contribution >= 0.6 is 39.7 Å². The second-order valence-corrected chi connectivity index (χ2v) is 7.40. The lowest BCUT2D eigenvalue weighted by molar-refractivity contribution is -0.113. The highest BCUT2D eigenvalue weighted by Gasteiger charge is 2.21. The van der Waals surface area contributed by atoms with Crippen LogP contribution in [0.3, 0.4) is 0 Å². The van der Waals surface area contributed by atoms with Gasteiger partial charge in [-0.05, 0) is 36.4 Å². The normalized spacial score (nSPS) is 14.0.